The first-order valence-corrected chi connectivity index (χ1v) is 9.54. The largest absolute Gasteiger partial charge is 0.338 e. The zero-order valence-corrected chi connectivity index (χ0v) is 16.0. The molecular weight excluding hydrogens is 350 g/mol. The first-order valence-electron chi connectivity index (χ1n) is 9.54. The molecule has 0 spiro atoms. The minimum atomic E-state index is -0.148. The summed E-state index contributed by atoms with van der Waals surface area (Å²) in [6.07, 6.45) is 3.76. The smallest absolute Gasteiger partial charge is 0.229 e. The number of hydrogen-bond donors (Lipinski definition) is 2. The maximum absolute atomic E-state index is 13.1. The van der Waals surface area contributed by atoms with E-state index in [4.69, 9.17) is 0 Å². The maximum atomic E-state index is 13.1. The van der Waals surface area contributed by atoms with E-state index >= 15 is 0 Å². The Hall–Kier alpha value is -2.96. The topological polar surface area (TPSA) is 62.2 Å². The van der Waals surface area contributed by atoms with Gasteiger partial charge in [-0.15, -0.1) is 0 Å². The molecule has 2 atom stereocenters. The van der Waals surface area contributed by atoms with Crippen molar-refractivity contribution in [2.75, 3.05) is 13.6 Å². The summed E-state index contributed by atoms with van der Waals surface area (Å²) in [5.74, 6) is 0.848. The highest BCUT2D eigenvalue weighted by molar-refractivity contribution is 5.80. The third-order valence-electron chi connectivity index (χ3n) is 5.21. The maximum Gasteiger partial charge on any atom is 0.229 e. The fraction of sp³-hybridized carbons (Fsp3) is 0.273. The van der Waals surface area contributed by atoms with Crippen LogP contribution in [0.3, 0.4) is 0 Å². The molecule has 6 heteroatoms. The van der Waals surface area contributed by atoms with Gasteiger partial charge in [-0.2, -0.15) is 0 Å². The number of hydrazine groups is 1. The molecule has 4 rings (SSSR count). The Labute approximate surface area is 165 Å². The second-order valence-corrected chi connectivity index (χ2v) is 7.17. The van der Waals surface area contributed by atoms with E-state index in [1.807, 2.05) is 49.6 Å². The van der Waals surface area contributed by atoms with E-state index in [9.17, 15) is 4.79 Å². The minimum Gasteiger partial charge on any atom is -0.338 e. The molecule has 1 aromatic heterocycles. The van der Waals surface area contributed by atoms with Crippen molar-refractivity contribution in [2.24, 2.45) is 5.92 Å². The van der Waals surface area contributed by atoms with Crippen molar-refractivity contribution in [1.82, 2.24) is 25.3 Å². The van der Waals surface area contributed by atoms with Crippen molar-refractivity contribution in [3.63, 3.8) is 0 Å². The number of carbonyl (C=O) groups excluding carboxylic acids is 1. The van der Waals surface area contributed by atoms with Crippen LogP contribution in [0.2, 0.25) is 0 Å². The molecular formula is C22H25N5O. The lowest BCUT2D eigenvalue weighted by Crippen LogP contribution is -2.37. The molecule has 144 valence electrons. The third kappa shape index (κ3) is 3.98. The van der Waals surface area contributed by atoms with Gasteiger partial charge in [-0.05, 0) is 11.1 Å². The standard InChI is InChI=1S/C22H25N5O/c1-26(16-20-23-12-13-27(20)15-17-8-4-2-5-9-17)22(28)19-14-24-25-21(19)18-10-6-3-7-11-18/h2-13,19,21,24-25H,14-16H2,1H3. The Kier molecular flexibility index (Phi) is 5.50. The quantitative estimate of drug-likeness (QED) is 0.694. The van der Waals surface area contributed by atoms with Gasteiger partial charge in [0.15, 0.2) is 0 Å². The van der Waals surface area contributed by atoms with Crippen LogP contribution < -0.4 is 10.9 Å². The Balaban J connectivity index is 1.45. The second kappa shape index (κ2) is 8.37. The molecule has 0 radical (unpaired) electrons. The van der Waals surface area contributed by atoms with Crippen LogP contribution in [0.1, 0.15) is 23.0 Å². The molecule has 1 amide bonds. The van der Waals surface area contributed by atoms with Gasteiger partial charge in [-0.1, -0.05) is 60.7 Å². The monoisotopic (exact) mass is 375 g/mol. The Morgan fingerprint density at radius 1 is 1.14 bits per heavy atom. The highest BCUT2D eigenvalue weighted by Gasteiger charge is 2.35. The SMILES string of the molecule is CN(Cc1nccn1Cc1ccccc1)C(=O)C1CNNC1c1ccccc1. The zero-order valence-electron chi connectivity index (χ0n) is 16.0. The van der Waals surface area contributed by atoms with Gasteiger partial charge in [0.1, 0.15) is 5.82 Å². The summed E-state index contributed by atoms with van der Waals surface area (Å²) >= 11 is 0. The number of imidazole rings is 1. The molecule has 1 fully saturated rings. The number of nitrogens with one attached hydrogen (secondary N) is 2. The number of benzene rings is 2. The van der Waals surface area contributed by atoms with Crippen LogP contribution in [0, 0.1) is 5.92 Å². The van der Waals surface area contributed by atoms with E-state index in [1.54, 1.807) is 11.1 Å². The van der Waals surface area contributed by atoms with Gasteiger partial charge in [0, 0.05) is 32.5 Å². The van der Waals surface area contributed by atoms with Crippen LogP contribution in [0.25, 0.3) is 0 Å². The number of hydrogen-bond acceptors (Lipinski definition) is 4. The summed E-state index contributed by atoms with van der Waals surface area (Å²) in [6.45, 7) is 1.84. The predicted octanol–water partition coefficient (Wildman–Crippen LogP) is 2.36. The van der Waals surface area contributed by atoms with Gasteiger partial charge in [0.2, 0.25) is 5.91 Å². The van der Waals surface area contributed by atoms with Gasteiger partial charge in [-0.25, -0.2) is 10.4 Å². The van der Waals surface area contributed by atoms with E-state index in [0.29, 0.717) is 13.1 Å². The molecule has 3 aromatic rings. The summed E-state index contributed by atoms with van der Waals surface area (Å²) in [5.41, 5.74) is 8.71. The Bertz CT molecular complexity index is 909. The van der Waals surface area contributed by atoms with Crippen molar-refractivity contribution in [1.29, 1.82) is 0 Å². The normalized spacial score (nSPS) is 18.9. The lowest BCUT2D eigenvalue weighted by Gasteiger charge is -2.24. The molecule has 0 aliphatic carbocycles. The van der Waals surface area contributed by atoms with Gasteiger partial charge in [-0.3, -0.25) is 10.2 Å². The number of amides is 1. The van der Waals surface area contributed by atoms with E-state index in [2.05, 4.69) is 44.7 Å². The number of carbonyl (C=O) groups is 1. The van der Waals surface area contributed by atoms with Gasteiger partial charge < -0.3 is 9.47 Å². The van der Waals surface area contributed by atoms with Crippen LogP contribution in [0.4, 0.5) is 0 Å². The molecule has 0 saturated carbocycles. The average Bonchev–Trinajstić information content (AvgIpc) is 3.39. The lowest BCUT2D eigenvalue weighted by molar-refractivity contribution is -0.134. The van der Waals surface area contributed by atoms with E-state index in [1.165, 1.54) is 5.56 Å². The molecule has 28 heavy (non-hydrogen) atoms. The molecule has 1 aliphatic rings. The molecule has 1 aliphatic heterocycles. The Morgan fingerprint density at radius 3 is 2.61 bits per heavy atom. The summed E-state index contributed by atoms with van der Waals surface area (Å²) in [4.78, 5) is 19.4. The predicted molar refractivity (Wildman–Crippen MR) is 108 cm³/mol. The van der Waals surface area contributed by atoms with Crippen LogP contribution in [-0.4, -0.2) is 34.0 Å². The fourth-order valence-electron chi connectivity index (χ4n) is 3.69. The number of aromatic nitrogens is 2. The highest BCUT2D eigenvalue weighted by atomic mass is 16.2. The third-order valence-corrected chi connectivity index (χ3v) is 5.21. The van der Waals surface area contributed by atoms with E-state index < -0.39 is 0 Å². The summed E-state index contributed by atoms with van der Waals surface area (Å²) in [7, 11) is 1.85. The van der Waals surface area contributed by atoms with Crippen LogP contribution in [0.5, 0.6) is 0 Å². The van der Waals surface area contributed by atoms with Gasteiger partial charge >= 0.3 is 0 Å². The molecule has 2 heterocycles. The lowest BCUT2D eigenvalue weighted by atomic mass is 9.94. The summed E-state index contributed by atoms with van der Waals surface area (Å²) < 4.78 is 2.10. The zero-order chi connectivity index (χ0) is 19.3. The fourth-order valence-corrected chi connectivity index (χ4v) is 3.69. The van der Waals surface area contributed by atoms with Crippen molar-refractivity contribution < 1.29 is 4.79 Å². The summed E-state index contributed by atoms with van der Waals surface area (Å²) in [5, 5.41) is 0. The van der Waals surface area contributed by atoms with Crippen molar-refractivity contribution >= 4 is 5.91 Å². The van der Waals surface area contributed by atoms with Gasteiger partial charge in [0.05, 0.1) is 18.5 Å². The van der Waals surface area contributed by atoms with Crippen LogP contribution >= 0.6 is 0 Å². The van der Waals surface area contributed by atoms with Crippen molar-refractivity contribution in [3.8, 4) is 0 Å². The average molecular weight is 375 g/mol. The number of nitrogens with zero attached hydrogens (tertiary/aromatic N) is 3. The van der Waals surface area contributed by atoms with E-state index in [0.717, 1.165) is 17.9 Å². The molecule has 6 nitrogen and oxygen atoms in total. The number of rotatable bonds is 6. The highest BCUT2D eigenvalue weighted by Crippen LogP contribution is 2.26. The Morgan fingerprint density at radius 2 is 1.86 bits per heavy atom. The molecule has 2 unspecified atom stereocenters. The molecule has 1 saturated heterocycles. The van der Waals surface area contributed by atoms with Gasteiger partial charge in [0.25, 0.3) is 0 Å². The molecule has 2 N–H and O–H groups in total. The first kappa shape index (κ1) is 18.4. The minimum absolute atomic E-state index is 0.0276. The van der Waals surface area contributed by atoms with Crippen LogP contribution in [0.15, 0.2) is 73.1 Å². The first-order chi connectivity index (χ1) is 13.7. The summed E-state index contributed by atoms with van der Waals surface area (Å²) in [6, 6.07) is 20.3. The van der Waals surface area contributed by atoms with E-state index in [-0.39, 0.29) is 17.9 Å². The second-order valence-electron chi connectivity index (χ2n) is 7.17. The molecule has 2 aromatic carbocycles. The van der Waals surface area contributed by atoms with Crippen molar-refractivity contribution in [3.05, 3.63) is 90.0 Å². The molecule has 0 bridgehead atoms. The van der Waals surface area contributed by atoms with Crippen molar-refractivity contribution in [2.45, 2.75) is 19.1 Å². The van der Waals surface area contributed by atoms with Crippen LogP contribution in [-0.2, 0) is 17.9 Å².